The second kappa shape index (κ2) is 5.13. The molecule has 1 saturated carbocycles. The molecule has 2 unspecified atom stereocenters. The van der Waals surface area contributed by atoms with Gasteiger partial charge in [-0.1, -0.05) is 26.2 Å². The van der Waals surface area contributed by atoms with Crippen LogP contribution in [0.25, 0.3) is 0 Å². The Hall–Kier alpha value is -0.640. The third-order valence-electron chi connectivity index (χ3n) is 3.76. The number of H-pyrrole nitrogens is 1. The van der Waals surface area contributed by atoms with Crippen molar-refractivity contribution in [2.75, 3.05) is 0 Å². The molecule has 0 radical (unpaired) electrons. The largest absolute Gasteiger partial charge is 0.304 e. The second-order valence-corrected chi connectivity index (χ2v) is 5.54. The first kappa shape index (κ1) is 11.8. The van der Waals surface area contributed by atoms with Crippen LogP contribution in [0.2, 0.25) is 0 Å². The molecular weight excluding hydrogens is 218 g/mol. The van der Waals surface area contributed by atoms with E-state index in [-0.39, 0.29) is 0 Å². The van der Waals surface area contributed by atoms with Gasteiger partial charge in [-0.3, -0.25) is 5.10 Å². The summed E-state index contributed by atoms with van der Waals surface area (Å²) in [5.74, 6) is 2.81. The molecule has 1 aromatic rings. The summed E-state index contributed by atoms with van der Waals surface area (Å²) >= 11 is 5.21. The maximum atomic E-state index is 5.21. The smallest absolute Gasteiger partial charge is 0.195 e. The highest BCUT2D eigenvalue weighted by Gasteiger charge is 2.18. The first-order valence-electron chi connectivity index (χ1n) is 6.28. The Morgan fingerprint density at radius 2 is 2.31 bits per heavy atom. The van der Waals surface area contributed by atoms with Crippen LogP contribution in [0.3, 0.4) is 0 Å². The number of aromatic nitrogens is 3. The molecule has 0 aliphatic heterocycles. The molecule has 4 heteroatoms. The minimum absolute atomic E-state index is 0.765. The van der Waals surface area contributed by atoms with Gasteiger partial charge < -0.3 is 4.57 Å². The summed E-state index contributed by atoms with van der Waals surface area (Å²) in [6.45, 7) is 5.41. The molecule has 0 saturated heterocycles. The van der Waals surface area contributed by atoms with Crippen LogP contribution in [0.1, 0.15) is 44.9 Å². The Kier molecular flexibility index (Phi) is 3.79. The summed E-state index contributed by atoms with van der Waals surface area (Å²) in [6, 6.07) is 0. The van der Waals surface area contributed by atoms with Crippen LogP contribution in [-0.2, 0) is 6.54 Å². The number of aromatic amines is 1. The molecule has 90 valence electrons. The molecule has 1 heterocycles. The van der Waals surface area contributed by atoms with E-state index in [2.05, 4.69) is 21.7 Å². The number of nitrogens with zero attached hydrogens (tertiary/aromatic N) is 2. The summed E-state index contributed by atoms with van der Waals surface area (Å²) in [7, 11) is 0. The molecule has 2 rings (SSSR count). The minimum atomic E-state index is 0.765. The lowest BCUT2D eigenvalue weighted by atomic mass is 9.81. The molecule has 0 amide bonds. The van der Waals surface area contributed by atoms with Gasteiger partial charge in [0.25, 0.3) is 0 Å². The zero-order valence-corrected chi connectivity index (χ0v) is 11.0. The van der Waals surface area contributed by atoms with E-state index in [4.69, 9.17) is 12.2 Å². The summed E-state index contributed by atoms with van der Waals surface area (Å²) in [6.07, 6.45) is 6.86. The quantitative estimate of drug-likeness (QED) is 0.819. The van der Waals surface area contributed by atoms with Gasteiger partial charge in [0.2, 0.25) is 0 Å². The van der Waals surface area contributed by atoms with Gasteiger partial charge in [-0.15, -0.1) is 0 Å². The van der Waals surface area contributed by atoms with Crippen molar-refractivity contribution in [3.05, 3.63) is 10.6 Å². The second-order valence-electron chi connectivity index (χ2n) is 5.15. The summed E-state index contributed by atoms with van der Waals surface area (Å²) in [4.78, 5) is 0. The van der Waals surface area contributed by atoms with Crippen molar-refractivity contribution in [2.45, 2.75) is 52.5 Å². The Bertz CT molecular complexity index is 393. The van der Waals surface area contributed by atoms with E-state index in [1.165, 1.54) is 32.1 Å². The number of nitrogens with one attached hydrogen (secondary N) is 1. The molecule has 1 aromatic heterocycles. The first-order chi connectivity index (χ1) is 7.66. The molecule has 1 aliphatic carbocycles. The number of rotatable bonds is 3. The molecule has 1 fully saturated rings. The van der Waals surface area contributed by atoms with Crippen LogP contribution < -0.4 is 0 Å². The van der Waals surface area contributed by atoms with E-state index in [1.54, 1.807) is 0 Å². The molecular formula is C12H21N3S. The Labute approximate surface area is 102 Å². The lowest BCUT2D eigenvalue weighted by Crippen LogP contribution is -2.15. The van der Waals surface area contributed by atoms with Crippen LogP contribution in [0.4, 0.5) is 0 Å². The number of hydrogen-bond donors (Lipinski definition) is 1. The van der Waals surface area contributed by atoms with Crippen molar-refractivity contribution >= 4 is 12.2 Å². The van der Waals surface area contributed by atoms with Crippen molar-refractivity contribution in [2.24, 2.45) is 11.8 Å². The van der Waals surface area contributed by atoms with E-state index in [9.17, 15) is 0 Å². The Morgan fingerprint density at radius 3 is 2.94 bits per heavy atom. The average Bonchev–Trinajstić information content (AvgIpc) is 2.56. The standard InChI is InChI=1S/C12H21N3S/c1-9-4-3-5-11(8-9)6-7-15-10(2)13-14-12(15)16/h9,11H,3-8H2,1-2H3,(H,14,16). The maximum Gasteiger partial charge on any atom is 0.195 e. The third kappa shape index (κ3) is 2.73. The van der Waals surface area contributed by atoms with Crippen molar-refractivity contribution in [3.8, 4) is 0 Å². The van der Waals surface area contributed by atoms with E-state index in [0.717, 1.165) is 29.0 Å². The van der Waals surface area contributed by atoms with Crippen LogP contribution in [0, 0.1) is 23.5 Å². The van der Waals surface area contributed by atoms with Gasteiger partial charge in [0.1, 0.15) is 5.82 Å². The minimum Gasteiger partial charge on any atom is -0.304 e. The van der Waals surface area contributed by atoms with Crippen LogP contribution in [-0.4, -0.2) is 14.8 Å². The van der Waals surface area contributed by atoms with Crippen molar-refractivity contribution < 1.29 is 0 Å². The van der Waals surface area contributed by atoms with Gasteiger partial charge in [-0.05, 0) is 43.8 Å². The van der Waals surface area contributed by atoms with Crippen molar-refractivity contribution in [1.82, 2.24) is 14.8 Å². The molecule has 0 aromatic carbocycles. The van der Waals surface area contributed by atoms with E-state index < -0.39 is 0 Å². The van der Waals surface area contributed by atoms with E-state index in [1.807, 2.05) is 6.92 Å². The first-order valence-corrected chi connectivity index (χ1v) is 6.69. The maximum absolute atomic E-state index is 5.21. The van der Waals surface area contributed by atoms with Crippen LogP contribution in [0.5, 0.6) is 0 Å². The molecule has 0 spiro atoms. The molecule has 2 atom stereocenters. The highest BCUT2D eigenvalue weighted by molar-refractivity contribution is 7.71. The van der Waals surface area contributed by atoms with E-state index in [0.29, 0.717) is 0 Å². The van der Waals surface area contributed by atoms with Crippen LogP contribution >= 0.6 is 12.2 Å². The van der Waals surface area contributed by atoms with Crippen molar-refractivity contribution in [3.63, 3.8) is 0 Å². The summed E-state index contributed by atoms with van der Waals surface area (Å²) in [5, 5.41) is 6.99. The van der Waals surface area contributed by atoms with Gasteiger partial charge in [-0.25, -0.2) is 0 Å². The molecule has 1 aliphatic rings. The van der Waals surface area contributed by atoms with Gasteiger partial charge in [0.05, 0.1) is 0 Å². The van der Waals surface area contributed by atoms with Gasteiger partial charge >= 0.3 is 0 Å². The van der Waals surface area contributed by atoms with Crippen LogP contribution in [0.15, 0.2) is 0 Å². The summed E-state index contributed by atoms with van der Waals surface area (Å²) < 4.78 is 2.88. The number of aryl methyl sites for hydroxylation is 1. The third-order valence-corrected chi connectivity index (χ3v) is 4.07. The number of hydrogen-bond acceptors (Lipinski definition) is 2. The SMILES string of the molecule is Cc1n[nH]c(=S)n1CCC1CCCC(C)C1. The Morgan fingerprint density at radius 1 is 1.50 bits per heavy atom. The average molecular weight is 239 g/mol. The zero-order chi connectivity index (χ0) is 11.5. The fourth-order valence-corrected chi connectivity index (χ4v) is 3.06. The lowest BCUT2D eigenvalue weighted by Gasteiger charge is -2.26. The Balaban J connectivity index is 1.90. The lowest BCUT2D eigenvalue weighted by molar-refractivity contribution is 0.260. The molecule has 0 bridgehead atoms. The highest BCUT2D eigenvalue weighted by atomic mass is 32.1. The molecule has 16 heavy (non-hydrogen) atoms. The predicted molar refractivity (Wildman–Crippen MR) is 67.9 cm³/mol. The summed E-state index contributed by atoms with van der Waals surface area (Å²) in [5.41, 5.74) is 0. The topological polar surface area (TPSA) is 33.6 Å². The fourth-order valence-electron chi connectivity index (χ4n) is 2.79. The monoisotopic (exact) mass is 239 g/mol. The van der Waals surface area contributed by atoms with Gasteiger partial charge in [-0.2, -0.15) is 5.10 Å². The zero-order valence-electron chi connectivity index (χ0n) is 10.2. The molecule has 1 N–H and O–H groups in total. The van der Waals surface area contributed by atoms with Gasteiger partial charge in [0, 0.05) is 6.54 Å². The predicted octanol–water partition coefficient (Wildman–Crippen LogP) is 3.47. The molecule has 3 nitrogen and oxygen atoms in total. The van der Waals surface area contributed by atoms with E-state index >= 15 is 0 Å². The fraction of sp³-hybridized carbons (Fsp3) is 0.833. The highest BCUT2D eigenvalue weighted by Crippen LogP contribution is 2.30. The van der Waals surface area contributed by atoms with Gasteiger partial charge in [0.15, 0.2) is 4.77 Å². The normalized spacial score (nSPS) is 25.9. The van der Waals surface area contributed by atoms with Crippen molar-refractivity contribution in [1.29, 1.82) is 0 Å².